The Labute approximate surface area is 132 Å². The predicted molar refractivity (Wildman–Crippen MR) is 82.4 cm³/mol. The summed E-state index contributed by atoms with van der Waals surface area (Å²) in [6, 6.07) is 9.95. The van der Waals surface area contributed by atoms with Crippen LogP contribution >= 0.6 is 0 Å². The van der Waals surface area contributed by atoms with Crippen LogP contribution in [-0.4, -0.2) is 49.5 Å². The molecule has 124 valence electrons. The largest absolute Gasteiger partial charge is 0.388 e. The first-order valence-corrected chi connectivity index (χ1v) is 7.54. The summed E-state index contributed by atoms with van der Waals surface area (Å²) in [4.78, 5) is 0. The third kappa shape index (κ3) is 4.27. The van der Waals surface area contributed by atoms with Gasteiger partial charge in [0.15, 0.2) is 6.29 Å². The van der Waals surface area contributed by atoms with Crippen molar-refractivity contribution in [2.75, 3.05) is 14.2 Å². The van der Waals surface area contributed by atoms with Gasteiger partial charge in [-0.1, -0.05) is 30.3 Å². The van der Waals surface area contributed by atoms with Gasteiger partial charge in [-0.05, 0) is 19.4 Å². The summed E-state index contributed by atoms with van der Waals surface area (Å²) in [5.41, 5.74) is 0.0814. The number of hydrogen-bond acceptors (Lipinski definition) is 5. The van der Waals surface area contributed by atoms with Crippen LogP contribution in [-0.2, 0) is 25.6 Å². The third-order valence-electron chi connectivity index (χ3n) is 3.92. The minimum Gasteiger partial charge on any atom is -0.388 e. The summed E-state index contributed by atoms with van der Waals surface area (Å²) in [5.74, 6) is 0. The van der Waals surface area contributed by atoms with Gasteiger partial charge in [0, 0.05) is 20.6 Å². The number of methoxy groups -OCH3 is 2. The molecule has 0 aliphatic carbocycles. The Morgan fingerprint density at radius 2 is 1.82 bits per heavy atom. The zero-order valence-electron chi connectivity index (χ0n) is 13.7. The second-order valence-electron chi connectivity index (χ2n) is 6.16. The van der Waals surface area contributed by atoms with Crippen molar-refractivity contribution in [1.29, 1.82) is 0 Å². The molecule has 1 aliphatic heterocycles. The summed E-state index contributed by atoms with van der Waals surface area (Å²) in [7, 11) is 3.20. The van der Waals surface area contributed by atoms with Gasteiger partial charge in [-0.3, -0.25) is 0 Å². The van der Waals surface area contributed by atoms with E-state index in [1.54, 1.807) is 28.1 Å². The third-order valence-corrected chi connectivity index (χ3v) is 3.92. The normalized spacial score (nSPS) is 29.5. The van der Waals surface area contributed by atoms with Crippen molar-refractivity contribution < 1.29 is 24.1 Å². The fourth-order valence-corrected chi connectivity index (χ4v) is 2.76. The predicted octanol–water partition coefficient (Wildman–Crippen LogP) is 2.12. The lowest BCUT2D eigenvalue weighted by Gasteiger charge is -2.44. The van der Waals surface area contributed by atoms with Crippen LogP contribution in [0.1, 0.15) is 25.8 Å². The van der Waals surface area contributed by atoms with Crippen LogP contribution in [0.4, 0.5) is 0 Å². The lowest BCUT2D eigenvalue weighted by molar-refractivity contribution is -0.298. The lowest BCUT2D eigenvalue weighted by atomic mass is 9.90. The summed E-state index contributed by atoms with van der Waals surface area (Å²) >= 11 is 0. The first-order chi connectivity index (χ1) is 10.5. The monoisotopic (exact) mass is 310 g/mol. The Balaban J connectivity index is 2.02. The van der Waals surface area contributed by atoms with E-state index in [-0.39, 0.29) is 12.2 Å². The molecule has 0 bridgehead atoms. The molecule has 4 atom stereocenters. The van der Waals surface area contributed by atoms with Crippen LogP contribution in [0.5, 0.6) is 0 Å². The molecule has 5 heteroatoms. The van der Waals surface area contributed by atoms with Crippen molar-refractivity contribution in [1.82, 2.24) is 0 Å². The highest BCUT2D eigenvalue weighted by atomic mass is 16.7. The molecule has 1 fully saturated rings. The number of aliphatic hydroxyl groups is 1. The summed E-state index contributed by atoms with van der Waals surface area (Å²) in [6.45, 7) is 3.90. The van der Waals surface area contributed by atoms with E-state index in [0.29, 0.717) is 13.0 Å². The Kier molecular flexibility index (Phi) is 5.94. The Morgan fingerprint density at radius 1 is 1.14 bits per heavy atom. The standard InChI is InChI=1S/C17H26O5/c1-17(2,18)15-13(19-3)10-14(16(20-4)22-15)21-11-12-8-6-5-7-9-12/h5-9,13-16,18H,10-11H2,1-4H3/t13-,14+,15-,16+/m0/s1. The molecule has 0 radical (unpaired) electrons. The van der Waals surface area contributed by atoms with Gasteiger partial charge < -0.3 is 24.1 Å². The highest BCUT2D eigenvalue weighted by molar-refractivity contribution is 5.13. The summed E-state index contributed by atoms with van der Waals surface area (Å²) in [5, 5.41) is 10.3. The van der Waals surface area contributed by atoms with E-state index in [9.17, 15) is 5.11 Å². The van der Waals surface area contributed by atoms with Crippen LogP contribution in [0, 0.1) is 0 Å². The molecule has 0 unspecified atom stereocenters. The molecular formula is C17H26O5. The minimum atomic E-state index is -1.01. The lowest BCUT2D eigenvalue weighted by Crippen LogP contribution is -2.57. The van der Waals surface area contributed by atoms with Crippen LogP contribution in [0.3, 0.4) is 0 Å². The maximum absolute atomic E-state index is 10.3. The molecular weight excluding hydrogens is 284 g/mol. The van der Waals surface area contributed by atoms with Crippen LogP contribution in [0.2, 0.25) is 0 Å². The van der Waals surface area contributed by atoms with E-state index in [2.05, 4.69) is 0 Å². The summed E-state index contributed by atoms with van der Waals surface area (Å²) in [6.07, 6.45) is -0.859. The van der Waals surface area contributed by atoms with Gasteiger partial charge in [0.1, 0.15) is 12.2 Å². The van der Waals surface area contributed by atoms with Crippen molar-refractivity contribution >= 4 is 0 Å². The highest BCUT2D eigenvalue weighted by Gasteiger charge is 2.45. The van der Waals surface area contributed by atoms with E-state index in [4.69, 9.17) is 18.9 Å². The van der Waals surface area contributed by atoms with Gasteiger partial charge in [-0.15, -0.1) is 0 Å². The van der Waals surface area contributed by atoms with Crippen LogP contribution < -0.4 is 0 Å². The van der Waals surface area contributed by atoms with E-state index < -0.39 is 18.0 Å². The number of hydrogen-bond donors (Lipinski definition) is 1. The molecule has 1 aromatic rings. The molecule has 0 spiro atoms. The molecule has 0 saturated carbocycles. The summed E-state index contributed by atoms with van der Waals surface area (Å²) < 4.78 is 22.7. The van der Waals surface area contributed by atoms with Crippen molar-refractivity contribution in [2.45, 2.75) is 57.1 Å². The fourth-order valence-electron chi connectivity index (χ4n) is 2.76. The second-order valence-corrected chi connectivity index (χ2v) is 6.16. The Morgan fingerprint density at radius 3 is 2.36 bits per heavy atom. The fraction of sp³-hybridized carbons (Fsp3) is 0.647. The number of ether oxygens (including phenoxy) is 4. The molecule has 0 aromatic heterocycles. The minimum absolute atomic E-state index is 0.242. The zero-order chi connectivity index (χ0) is 16.2. The van der Waals surface area contributed by atoms with E-state index >= 15 is 0 Å². The average Bonchev–Trinajstić information content (AvgIpc) is 2.52. The Hall–Kier alpha value is -0.980. The number of rotatable bonds is 6. The molecule has 1 aliphatic rings. The maximum Gasteiger partial charge on any atom is 0.184 e. The zero-order valence-corrected chi connectivity index (χ0v) is 13.7. The quantitative estimate of drug-likeness (QED) is 0.872. The molecule has 5 nitrogen and oxygen atoms in total. The first kappa shape index (κ1) is 17.4. The van der Waals surface area contributed by atoms with Crippen molar-refractivity contribution in [3.05, 3.63) is 35.9 Å². The van der Waals surface area contributed by atoms with Crippen LogP contribution in [0.25, 0.3) is 0 Å². The average molecular weight is 310 g/mol. The van der Waals surface area contributed by atoms with Crippen molar-refractivity contribution in [2.24, 2.45) is 0 Å². The van der Waals surface area contributed by atoms with E-state index in [1.807, 2.05) is 30.3 Å². The second kappa shape index (κ2) is 7.53. The first-order valence-electron chi connectivity index (χ1n) is 7.54. The van der Waals surface area contributed by atoms with E-state index in [0.717, 1.165) is 5.56 Å². The topological polar surface area (TPSA) is 57.2 Å². The molecule has 0 amide bonds. The Bertz CT molecular complexity index is 442. The SMILES string of the molecule is CO[C@@H]1O[C@H](C(C)(C)O)[C@@H](OC)C[C@H]1OCc1ccccc1. The molecule has 22 heavy (non-hydrogen) atoms. The smallest absolute Gasteiger partial charge is 0.184 e. The van der Waals surface area contributed by atoms with Crippen molar-refractivity contribution in [3.63, 3.8) is 0 Å². The molecule has 1 heterocycles. The molecule has 2 rings (SSSR count). The van der Waals surface area contributed by atoms with Crippen molar-refractivity contribution in [3.8, 4) is 0 Å². The van der Waals surface area contributed by atoms with Gasteiger partial charge in [0.05, 0.1) is 18.3 Å². The van der Waals surface area contributed by atoms with Gasteiger partial charge in [0.2, 0.25) is 0 Å². The molecule has 1 saturated heterocycles. The number of benzene rings is 1. The molecule has 1 N–H and O–H groups in total. The highest BCUT2D eigenvalue weighted by Crippen LogP contribution is 2.31. The maximum atomic E-state index is 10.3. The van der Waals surface area contributed by atoms with Gasteiger partial charge in [0.25, 0.3) is 0 Å². The van der Waals surface area contributed by atoms with Gasteiger partial charge >= 0.3 is 0 Å². The van der Waals surface area contributed by atoms with Gasteiger partial charge in [-0.25, -0.2) is 0 Å². The molecule has 1 aromatic carbocycles. The van der Waals surface area contributed by atoms with Crippen LogP contribution in [0.15, 0.2) is 30.3 Å². The van der Waals surface area contributed by atoms with E-state index in [1.165, 1.54) is 0 Å². The van der Waals surface area contributed by atoms with Gasteiger partial charge in [-0.2, -0.15) is 0 Å².